The van der Waals surface area contributed by atoms with E-state index >= 15 is 0 Å². The second kappa shape index (κ2) is 6.57. The maximum absolute atomic E-state index is 5.49. The number of aromatic nitrogens is 2. The Morgan fingerprint density at radius 3 is 2.78 bits per heavy atom. The van der Waals surface area contributed by atoms with Gasteiger partial charge in [0, 0.05) is 18.2 Å². The summed E-state index contributed by atoms with van der Waals surface area (Å²) < 4.78 is 5.49. The molecule has 3 atom stereocenters. The summed E-state index contributed by atoms with van der Waals surface area (Å²) in [4.78, 5) is 0. The summed E-state index contributed by atoms with van der Waals surface area (Å²) in [6.07, 6.45) is 5.13. The van der Waals surface area contributed by atoms with Crippen LogP contribution in [-0.2, 0) is 0 Å². The van der Waals surface area contributed by atoms with Gasteiger partial charge in [-0.1, -0.05) is 32.0 Å². The molecule has 1 aliphatic rings. The number of hydrogen-bond donors (Lipinski definition) is 1. The minimum atomic E-state index is 0.559. The average molecular weight is 269 g/mol. The smallest absolute Gasteiger partial charge is 0.276 e. The topological polar surface area (TPSA) is 51.0 Å². The van der Waals surface area contributed by atoms with E-state index in [-0.39, 0.29) is 0 Å². The molecule has 2 rings (SSSR count). The highest BCUT2D eigenvalue weighted by Gasteiger charge is 2.31. The predicted octanol–water partition coefficient (Wildman–Crippen LogP) is 3.03. The maximum Gasteiger partial charge on any atom is 0.276 e. The third-order valence-electron chi connectivity index (χ3n) is 3.70. The third-order valence-corrected chi connectivity index (χ3v) is 4.89. The average Bonchev–Trinajstić information content (AvgIpc) is 2.77. The Balaban J connectivity index is 2.00. The van der Waals surface area contributed by atoms with Crippen molar-refractivity contribution >= 4 is 11.8 Å². The normalized spacial score (nSPS) is 28.5. The number of thioether (sulfide) groups is 1. The fourth-order valence-electron chi connectivity index (χ4n) is 2.66. The molecule has 18 heavy (non-hydrogen) atoms. The molecule has 1 N–H and O–H groups in total. The molecule has 1 aromatic rings. The molecule has 1 heterocycles. The molecule has 1 aromatic heterocycles. The fourth-order valence-corrected chi connectivity index (χ4v) is 3.94. The van der Waals surface area contributed by atoms with Crippen LogP contribution in [0.2, 0.25) is 0 Å². The lowest BCUT2D eigenvalue weighted by atomic mass is 9.84. The molecule has 1 aliphatic carbocycles. The van der Waals surface area contributed by atoms with Crippen molar-refractivity contribution in [3.63, 3.8) is 0 Å². The van der Waals surface area contributed by atoms with Crippen molar-refractivity contribution in [3.05, 3.63) is 5.89 Å². The second-order valence-corrected chi connectivity index (χ2v) is 6.19. The molecule has 1 saturated carbocycles. The van der Waals surface area contributed by atoms with Gasteiger partial charge < -0.3 is 9.73 Å². The van der Waals surface area contributed by atoms with Gasteiger partial charge in [0.1, 0.15) is 0 Å². The predicted molar refractivity (Wildman–Crippen MR) is 73.8 cm³/mol. The second-order valence-electron chi connectivity index (χ2n) is 4.99. The molecule has 0 aliphatic heterocycles. The first-order valence-corrected chi connectivity index (χ1v) is 7.81. The number of aryl methyl sites for hydroxylation is 1. The highest BCUT2D eigenvalue weighted by molar-refractivity contribution is 7.99. The van der Waals surface area contributed by atoms with Crippen LogP contribution in [0.5, 0.6) is 0 Å². The Hall–Kier alpha value is -0.550. The molecule has 3 unspecified atom stereocenters. The van der Waals surface area contributed by atoms with Crippen LogP contribution in [0.1, 0.15) is 45.4 Å². The van der Waals surface area contributed by atoms with Gasteiger partial charge in [-0.15, -0.1) is 10.2 Å². The summed E-state index contributed by atoms with van der Waals surface area (Å²) in [5, 5.41) is 12.9. The van der Waals surface area contributed by atoms with Gasteiger partial charge in [0.05, 0.1) is 0 Å². The van der Waals surface area contributed by atoms with Crippen molar-refractivity contribution in [2.75, 3.05) is 6.54 Å². The summed E-state index contributed by atoms with van der Waals surface area (Å²) in [6.45, 7) is 7.33. The third kappa shape index (κ3) is 3.48. The Bertz CT molecular complexity index is 369. The molecule has 0 radical (unpaired) electrons. The Kier molecular flexibility index (Phi) is 5.06. The number of rotatable bonds is 5. The zero-order chi connectivity index (χ0) is 13.0. The Morgan fingerprint density at radius 1 is 1.33 bits per heavy atom. The van der Waals surface area contributed by atoms with Crippen LogP contribution in [0.15, 0.2) is 9.64 Å². The first-order valence-electron chi connectivity index (χ1n) is 6.93. The first kappa shape index (κ1) is 13.9. The summed E-state index contributed by atoms with van der Waals surface area (Å²) in [7, 11) is 0. The van der Waals surface area contributed by atoms with Crippen molar-refractivity contribution in [2.45, 2.75) is 63.0 Å². The lowest BCUT2D eigenvalue weighted by Crippen LogP contribution is -2.42. The zero-order valence-electron chi connectivity index (χ0n) is 11.5. The van der Waals surface area contributed by atoms with Gasteiger partial charge in [0.15, 0.2) is 0 Å². The van der Waals surface area contributed by atoms with Gasteiger partial charge >= 0.3 is 0 Å². The standard InChI is InChI=1S/C13H23N3OS/c1-4-10-6-7-11(14-5-2)12(8-10)18-13-16-15-9(3)17-13/h10-12,14H,4-8H2,1-3H3. The van der Waals surface area contributed by atoms with E-state index in [9.17, 15) is 0 Å². The molecular weight excluding hydrogens is 246 g/mol. The Morgan fingerprint density at radius 2 is 2.17 bits per heavy atom. The van der Waals surface area contributed by atoms with E-state index in [1.807, 2.05) is 6.92 Å². The molecule has 0 amide bonds. The summed E-state index contributed by atoms with van der Waals surface area (Å²) in [5.41, 5.74) is 0. The van der Waals surface area contributed by atoms with E-state index in [1.54, 1.807) is 11.8 Å². The Labute approximate surface area is 113 Å². The minimum absolute atomic E-state index is 0.559. The molecular formula is C13H23N3OS. The van der Waals surface area contributed by atoms with Crippen LogP contribution in [-0.4, -0.2) is 28.0 Å². The molecule has 0 saturated heterocycles. The van der Waals surface area contributed by atoms with Crippen molar-refractivity contribution in [1.29, 1.82) is 0 Å². The molecule has 0 aromatic carbocycles. The lowest BCUT2D eigenvalue weighted by molar-refractivity contribution is 0.296. The summed E-state index contributed by atoms with van der Waals surface area (Å²) in [5.74, 6) is 1.50. The van der Waals surface area contributed by atoms with Gasteiger partial charge in [-0.3, -0.25) is 0 Å². The van der Waals surface area contributed by atoms with Crippen LogP contribution in [0.25, 0.3) is 0 Å². The van der Waals surface area contributed by atoms with Gasteiger partial charge in [-0.25, -0.2) is 0 Å². The van der Waals surface area contributed by atoms with Crippen molar-refractivity contribution in [1.82, 2.24) is 15.5 Å². The summed E-state index contributed by atoms with van der Waals surface area (Å²) in [6, 6.07) is 0.579. The lowest BCUT2D eigenvalue weighted by Gasteiger charge is -2.35. The molecule has 1 fully saturated rings. The van der Waals surface area contributed by atoms with Gasteiger partial charge in [-0.2, -0.15) is 0 Å². The number of nitrogens with zero attached hydrogens (tertiary/aromatic N) is 2. The van der Waals surface area contributed by atoms with E-state index in [1.165, 1.54) is 25.7 Å². The van der Waals surface area contributed by atoms with Crippen LogP contribution >= 0.6 is 11.8 Å². The van der Waals surface area contributed by atoms with Crippen LogP contribution in [0.3, 0.4) is 0 Å². The van der Waals surface area contributed by atoms with E-state index in [4.69, 9.17) is 4.42 Å². The van der Waals surface area contributed by atoms with E-state index < -0.39 is 0 Å². The van der Waals surface area contributed by atoms with Crippen LogP contribution < -0.4 is 5.32 Å². The molecule has 102 valence electrons. The zero-order valence-corrected chi connectivity index (χ0v) is 12.3. The van der Waals surface area contributed by atoms with E-state index in [0.29, 0.717) is 17.2 Å². The van der Waals surface area contributed by atoms with Gasteiger partial charge in [0.25, 0.3) is 5.22 Å². The van der Waals surface area contributed by atoms with Crippen LogP contribution in [0, 0.1) is 12.8 Å². The van der Waals surface area contributed by atoms with Crippen molar-refractivity contribution in [2.24, 2.45) is 5.92 Å². The monoisotopic (exact) mass is 269 g/mol. The summed E-state index contributed by atoms with van der Waals surface area (Å²) >= 11 is 1.75. The van der Waals surface area contributed by atoms with Crippen molar-refractivity contribution < 1.29 is 4.42 Å². The van der Waals surface area contributed by atoms with Crippen molar-refractivity contribution in [3.8, 4) is 0 Å². The first-order chi connectivity index (χ1) is 8.72. The number of hydrogen-bond acceptors (Lipinski definition) is 5. The highest BCUT2D eigenvalue weighted by Crippen LogP contribution is 2.37. The van der Waals surface area contributed by atoms with Gasteiger partial charge in [0.2, 0.25) is 5.89 Å². The maximum atomic E-state index is 5.49. The molecule has 0 spiro atoms. The van der Waals surface area contributed by atoms with Gasteiger partial charge in [-0.05, 0) is 31.7 Å². The molecule has 0 bridgehead atoms. The number of nitrogens with one attached hydrogen (secondary N) is 1. The fraction of sp³-hybridized carbons (Fsp3) is 0.846. The largest absolute Gasteiger partial charge is 0.416 e. The van der Waals surface area contributed by atoms with Crippen LogP contribution in [0.4, 0.5) is 0 Å². The van der Waals surface area contributed by atoms with E-state index in [2.05, 4.69) is 29.4 Å². The minimum Gasteiger partial charge on any atom is -0.416 e. The van der Waals surface area contributed by atoms with E-state index in [0.717, 1.165) is 17.7 Å². The molecule has 5 heteroatoms. The SMILES string of the molecule is CCNC1CCC(CC)CC1Sc1nnc(C)o1. The highest BCUT2D eigenvalue weighted by atomic mass is 32.2. The molecule has 4 nitrogen and oxygen atoms in total. The quantitative estimate of drug-likeness (QED) is 0.890.